The summed E-state index contributed by atoms with van der Waals surface area (Å²) in [5.74, 6) is -0.464. The summed E-state index contributed by atoms with van der Waals surface area (Å²) < 4.78 is 10.8. The van der Waals surface area contributed by atoms with Crippen molar-refractivity contribution in [3.63, 3.8) is 0 Å². The standard InChI is InChI=1S/C32H35N3O5S/c1-8-35(9-2)31(37)28-20(6)26(32(38)40-18(3)4)30(41-28)34-29(36)25-19(5)27(21-14-16-22(39-7)17-15-21)33-24-13-11-10-12-23(24)25/h10-18H,8-9H2,1-7H3,(H,34,36). The number of esters is 1. The molecule has 9 heteroatoms. The summed E-state index contributed by atoms with van der Waals surface area (Å²) in [5, 5.41) is 3.92. The SMILES string of the molecule is CCN(CC)C(=O)c1sc(NC(=O)c2c(C)c(-c3ccc(OC)cc3)nc3ccccc23)c(C(=O)OC(C)C)c1C. The van der Waals surface area contributed by atoms with Crippen molar-refractivity contribution in [1.29, 1.82) is 0 Å². The summed E-state index contributed by atoms with van der Waals surface area (Å²) in [6.07, 6.45) is -0.370. The molecule has 0 aliphatic heterocycles. The molecule has 0 saturated carbocycles. The Morgan fingerprint density at radius 1 is 0.951 bits per heavy atom. The normalized spacial score (nSPS) is 11.0. The second-order valence-corrected chi connectivity index (χ2v) is 10.9. The summed E-state index contributed by atoms with van der Waals surface area (Å²) in [5.41, 5.74) is 3.96. The number of pyridine rings is 1. The van der Waals surface area contributed by atoms with Crippen molar-refractivity contribution >= 4 is 45.0 Å². The Bertz CT molecular complexity index is 1600. The van der Waals surface area contributed by atoms with Crippen LogP contribution in [-0.4, -0.2) is 54.0 Å². The number of fused-ring (bicyclic) bond motifs is 1. The number of aromatic nitrogens is 1. The van der Waals surface area contributed by atoms with Crippen LogP contribution in [0.15, 0.2) is 48.5 Å². The topological polar surface area (TPSA) is 97.8 Å². The number of para-hydroxylation sites is 1. The highest BCUT2D eigenvalue weighted by Gasteiger charge is 2.30. The second kappa shape index (κ2) is 12.5. The maximum atomic E-state index is 14.1. The smallest absolute Gasteiger partial charge is 0.341 e. The van der Waals surface area contributed by atoms with Gasteiger partial charge in [-0.15, -0.1) is 11.3 Å². The lowest BCUT2D eigenvalue weighted by molar-refractivity contribution is 0.0379. The highest BCUT2D eigenvalue weighted by atomic mass is 32.1. The Balaban J connectivity index is 1.85. The molecule has 41 heavy (non-hydrogen) atoms. The van der Waals surface area contributed by atoms with Crippen LogP contribution in [-0.2, 0) is 4.74 Å². The molecule has 2 amide bonds. The van der Waals surface area contributed by atoms with Crippen molar-refractivity contribution in [2.45, 2.75) is 47.6 Å². The number of rotatable bonds is 9. The van der Waals surface area contributed by atoms with Crippen molar-refractivity contribution < 1.29 is 23.9 Å². The number of nitrogens with one attached hydrogen (secondary N) is 1. The predicted octanol–water partition coefficient (Wildman–Crippen LogP) is 6.89. The first kappa shape index (κ1) is 29.7. The number of methoxy groups -OCH3 is 1. The van der Waals surface area contributed by atoms with E-state index in [1.54, 1.807) is 32.8 Å². The minimum absolute atomic E-state index is 0.191. The molecule has 0 aliphatic carbocycles. The van der Waals surface area contributed by atoms with E-state index in [9.17, 15) is 14.4 Å². The summed E-state index contributed by atoms with van der Waals surface area (Å²) in [6, 6.07) is 14.9. The Labute approximate surface area is 244 Å². The van der Waals surface area contributed by atoms with Gasteiger partial charge in [0.05, 0.1) is 40.4 Å². The van der Waals surface area contributed by atoms with Gasteiger partial charge in [-0.1, -0.05) is 18.2 Å². The molecular formula is C32H35N3O5S. The quantitative estimate of drug-likeness (QED) is 0.219. The number of carbonyl (C=O) groups is 3. The molecule has 0 atom stereocenters. The van der Waals surface area contributed by atoms with Crippen LogP contribution in [0.1, 0.15) is 69.2 Å². The number of benzene rings is 2. The van der Waals surface area contributed by atoms with E-state index >= 15 is 0 Å². The second-order valence-electron chi connectivity index (χ2n) is 9.85. The Morgan fingerprint density at radius 2 is 1.61 bits per heavy atom. The maximum absolute atomic E-state index is 14.1. The maximum Gasteiger partial charge on any atom is 0.341 e. The van der Waals surface area contributed by atoms with E-state index in [2.05, 4.69) is 5.32 Å². The van der Waals surface area contributed by atoms with E-state index < -0.39 is 11.9 Å². The third kappa shape index (κ3) is 5.95. The zero-order valence-corrected chi connectivity index (χ0v) is 25.3. The van der Waals surface area contributed by atoms with E-state index in [-0.39, 0.29) is 22.6 Å². The monoisotopic (exact) mass is 573 g/mol. The van der Waals surface area contributed by atoms with Gasteiger partial charge in [-0.2, -0.15) is 0 Å². The van der Waals surface area contributed by atoms with Gasteiger partial charge in [0.2, 0.25) is 0 Å². The van der Waals surface area contributed by atoms with Gasteiger partial charge in [-0.25, -0.2) is 9.78 Å². The van der Waals surface area contributed by atoms with Gasteiger partial charge in [-0.05, 0) is 83.0 Å². The summed E-state index contributed by atoms with van der Waals surface area (Å²) in [7, 11) is 1.61. The van der Waals surface area contributed by atoms with Crippen LogP contribution in [0.4, 0.5) is 5.00 Å². The lowest BCUT2D eigenvalue weighted by atomic mass is 9.97. The van der Waals surface area contributed by atoms with Gasteiger partial charge < -0.3 is 19.7 Å². The lowest BCUT2D eigenvalue weighted by Crippen LogP contribution is -2.30. The van der Waals surface area contributed by atoms with Crippen molar-refractivity contribution in [1.82, 2.24) is 9.88 Å². The molecule has 0 bridgehead atoms. The highest BCUT2D eigenvalue weighted by molar-refractivity contribution is 7.18. The molecule has 0 radical (unpaired) electrons. The number of carbonyl (C=O) groups excluding carboxylic acids is 3. The van der Waals surface area contributed by atoms with E-state index in [1.807, 2.05) is 69.3 Å². The molecule has 214 valence electrons. The van der Waals surface area contributed by atoms with Gasteiger partial charge in [0.15, 0.2) is 0 Å². The Kier molecular flexibility index (Phi) is 9.08. The minimum atomic E-state index is -0.585. The molecule has 0 unspecified atom stereocenters. The number of ether oxygens (including phenoxy) is 2. The summed E-state index contributed by atoms with van der Waals surface area (Å²) in [4.78, 5) is 47.6. The first-order valence-electron chi connectivity index (χ1n) is 13.6. The fourth-order valence-electron chi connectivity index (χ4n) is 4.77. The van der Waals surface area contributed by atoms with Gasteiger partial charge in [-0.3, -0.25) is 9.59 Å². The third-order valence-electron chi connectivity index (χ3n) is 6.89. The number of hydrogen-bond acceptors (Lipinski definition) is 7. The Morgan fingerprint density at radius 3 is 2.22 bits per heavy atom. The molecular weight excluding hydrogens is 538 g/mol. The molecule has 2 aromatic carbocycles. The van der Waals surface area contributed by atoms with Gasteiger partial charge >= 0.3 is 5.97 Å². The Hall–Kier alpha value is -4.24. The molecule has 2 heterocycles. The average molecular weight is 574 g/mol. The van der Waals surface area contributed by atoms with Crippen LogP contribution in [0.2, 0.25) is 0 Å². The molecule has 0 saturated heterocycles. The van der Waals surface area contributed by atoms with E-state index in [0.29, 0.717) is 57.0 Å². The fourth-order valence-corrected chi connectivity index (χ4v) is 5.93. The molecule has 1 N–H and O–H groups in total. The van der Waals surface area contributed by atoms with Crippen LogP contribution in [0.25, 0.3) is 22.2 Å². The van der Waals surface area contributed by atoms with Crippen LogP contribution >= 0.6 is 11.3 Å². The summed E-state index contributed by atoms with van der Waals surface area (Å²) in [6.45, 7) is 11.9. The molecule has 2 aromatic heterocycles. The van der Waals surface area contributed by atoms with Crippen LogP contribution in [0.5, 0.6) is 5.75 Å². The van der Waals surface area contributed by atoms with Crippen molar-refractivity contribution in [2.75, 3.05) is 25.5 Å². The van der Waals surface area contributed by atoms with Crippen LogP contribution in [0.3, 0.4) is 0 Å². The average Bonchev–Trinajstić information content (AvgIpc) is 3.28. The molecule has 4 rings (SSSR count). The van der Waals surface area contributed by atoms with E-state index in [1.165, 1.54) is 0 Å². The summed E-state index contributed by atoms with van der Waals surface area (Å²) >= 11 is 1.09. The highest BCUT2D eigenvalue weighted by Crippen LogP contribution is 2.37. The molecule has 0 spiro atoms. The van der Waals surface area contributed by atoms with E-state index in [0.717, 1.165) is 16.9 Å². The fraction of sp³-hybridized carbons (Fsp3) is 0.312. The molecule has 8 nitrogen and oxygen atoms in total. The van der Waals surface area contributed by atoms with Crippen molar-refractivity contribution in [3.05, 3.63) is 75.7 Å². The number of anilines is 1. The molecule has 4 aromatic rings. The van der Waals surface area contributed by atoms with Crippen molar-refractivity contribution in [3.8, 4) is 17.0 Å². The first-order chi connectivity index (χ1) is 19.6. The van der Waals surface area contributed by atoms with Gasteiger partial charge in [0.1, 0.15) is 10.8 Å². The zero-order chi connectivity index (χ0) is 29.8. The molecule has 0 aliphatic rings. The zero-order valence-electron chi connectivity index (χ0n) is 24.5. The van der Waals surface area contributed by atoms with E-state index in [4.69, 9.17) is 14.5 Å². The lowest BCUT2D eigenvalue weighted by Gasteiger charge is -2.18. The molecule has 0 fully saturated rings. The van der Waals surface area contributed by atoms with Crippen LogP contribution < -0.4 is 10.1 Å². The van der Waals surface area contributed by atoms with Crippen molar-refractivity contribution in [2.24, 2.45) is 0 Å². The largest absolute Gasteiger partial charge is 0.497 e. The minimum Gasteiger partial charge on any atom is -0.497 e. The van der Waals surface area contributed by atoms with Gasteiger partial charge in [0.25, 0.3) is 11.8 Å². The predicted molar refractivity (Wildman–Crippen MR) is 163 cm³/mol. The van der Waals surface area contributed by atoms with Crippen LogP contribution in [0, 0.1) is 13.8 Å². The third-order valence-corrected chi connectivity index (χ3v) is 8.09. The number of amides is 2. The number of thiophene rings is 1. The van der Waals surface area contributed by atoms with Gasteiger partial charge in [0, 0.05) is 24.0 Å². The first-order valence-corrected chi connectivity index (χ1v) is 14.4. The number of nitrogens with zero attached hydrogens (tertiary/aromatic N) is 2. The number of hydrogen-bond donors (Lipinski definition) is 1.